The fourth-order valence-corrected chi connectivity index (χ4v) is 4.11. The van der Waals surface area contributed by atoms with E-state index in [0.717, 1.165) is 17.7 Å². The van der Waals surface area contributed by atoms with Crippen LogP contribution in [0.1, 0.15) is 43.5 Å². The van der Waals surface area contributed by atoms with Gasteiger partial charge in [0.05, 0.1) is 24.3 Å². The van der Waals surface area contributed by atoms with Crippen LogP contribution in [-0.2, 0) is 20.7 Å². The first-order valence-corrected chi connectivity index (χ1v) is 10.5. The monoisotopic (exact) mass is 422 g/mol. The number of aliphatic hydroxyl groups is 1. The van der Waals surface area contributed by atoms with E-state index in [1.54, 1.807) is 36.7 Å². The molecule has 0 spiro atoms. The molecule has 0 saturated carbocycles. The first-order valence-electron chi connectivity index (χ1n) is 10.5. The van der Waals surface area contributed by atoms with Crippen LogP contribution in [0.25, 0.3) is 5.76 Å². The van der Waals surface area contributed by atoms with Gasteiger partial charge < -0.3 is 19.5 Å². The van der Waals surface area contributed by atoms with Crippen molar-refractivity contribution in [3.05, 3.63) is 65.0 Å². The minimum atomic E-state index is -0.706. The van der Waals surface area contributed by atoms with E-state index < -0.39 is 17.7 Å². The van der Waals surface area contributed by atoms with E-state index in [1.807, 2.05) is 26.8 Å². The molecule has 2 atom stereocenters. The Morgan fingerprint density at radius 2 is 2.00 bits per heavy atom. The molecule has 162 valence electrons. The Balaban J connectivity index is 1.76. The maximum atomic E-state index is 13.0. The molecule has 3 heterocycles. The van der Waals surface area contributed by atoms with Crippen LogP contribution in [0.2, 0.25) is 0 Å². The van der Waals surface area contributed by atoms with Crippen LogP contribution in [0.15, 0.2) is 48.3 Å². The summed E-state index contributed by atoms with van der Waals surface area (Å²) in [6.45, 7) is 6.33. The lowest BCUT2D eigenvalue weighted by Gasteiger charge is -2.25. The van der Waals surface area contributed by atoms with Crippen molar-refractivity contribution in [3.63, 3.8) is 0 Å². The van der Waals surface area contributed by atoms with Gasteiger partial charge >= 0.3 is 0 Å². The largest absolute Gasteiger partial charge is 0.507 e. The predicted octanol–water partition coefficient (Wildman–Crippen LogP) is 3.25. The number of Topliss-reactive ketones (excluding diaryl/α,β-unsaturated/α-hetero) is 1. The van der Waals surface area contributed by atoms with Crippen molar-refractivity contribution in [2.24, 2.45) is 0 Å². The van der Waals surface area contributed by atoms with Gasteiger partial charge in [0.15, 0.2) is 0 Å². The lowest BCUT2D eigenvalue weighted by Crippen LogP contribution is -2.33. The van der Waals surface area contributed by atoms with Gasteiger partial charge in [-0.3, -0.25) is 14.6 Å². The van der Waals surface area contributed by atoms with Crippen LogP contribution < -0.4 is 4.74 Å². The molecule has 2 aliphatic rings. The first-order chi connectivity index (χ1) is 14.9. The highest BCUT2D eigenvalue weighted by Gasteiger charge is 2.46. The van der Waals surface area contributed by atoms with Gasteiger partial charge in [-0.2, -0.15) is 0 Å². The maximum Gasteiger partial charge on any atom is 0.295 e. The van der Waals surface area contributed by atoms with Crippen molar-refractivity contribution in [1.82, 2.24) is 9.88 Å². The molecule has 1 saturated heterocycles. The number of amides is 1. The Bertz CT molecular complexity index is 1030. The summed E-state index contributed by atoms with van der Waals surface area (Å²) >= 11 is 0. The number of carbonyl (C=O) groups is 2. The Kier molecular flexibility index (Phi) is 5.78. The molecular formula is C24H26N2O5. The third-order valence-electron chi connectivity index (χ3n) is 5.51. The van der Waals surface area contributed by atoms with Crippen molar-refractivity contribution in [2.75, 3.05) is 13.2 Å². The van der Waals surface area contributed by atoms with Crippen molar-refractivity contribution in [3.8, 4) is 5.75 Å². The lowest BCUT2D eigenvalue weighted by atomic mass is 9.95. The molecule has 2 unspecified atom stereocenters. The van der Waals surface area contributed by atoms with E-state index in [9.17, 15) is 14.7 Å². The Morgan fingerprint density at radius 3 is 2.71 bits per heavy atom. The lowest BCUT2D eigenvalue weighted by molar-refractivity contribution is -0.140. The third kappa shape index (κ3) is 4.05. The smallest absolute Gasteiger partial charge is 0.295 e. The molecular weight excluding hydrogens is 396 g/mol. The van der Waals surface area contributed by atoms with Crippen LogP contribution >= 0.6 is 0 Å². The molecule has 31 heavy (non-hydrogen) atoms. The molecule has 0 radical (unpaired) electrons. The molecule has 4 rings (SSSR count). The van der Waals surface area contributed by atoms with E-state index in [0.29, 0.717) is 17.7 Å². The zero-order valence-corrected chi connectivity index (χ0v) is 17.9. The van der Waals surface area contributed by atoms with Gasteiger partial charge in [0.25, 0.3) is 11.7 Å². The van der Waals surface area contributed by atoms with Crippen LogP contribution in [0, 0.1) is 0 Å². The highest BCUT2D eigenvalue weighted by molar-refractivity contribution is 6.46. The van der Waals surface area contributed by atoms with Crippen LogP contribution in [0.5, 0.6) is 5.75 Å². The number of ether oxygens (including phenoxy) is 2. The van der Waals surface area contributed by atoms with Gasteiger partial charge in [0.1, 0.15) is 17.6 Å². The summed E-state index contributed by atoms with van der Waals surface area (Å²) in [5.41, 5.74) is 2.24. The zero-order valence-electron chi connectivity index (χ0n) is 17.9. The molecule has 7 nitrogen and oxygen atoms in total. The summed E-state index contributed by atoms with van der Waals surface area (Å²) in [5.74, 6) is -0.751. The summed E-state index contributed by atoms with van der Waals surface area (Å²) in [4.78, 5) is 31.4. The molecule has 2 aliphatic heterocycles. The number of likely N-dealkylation sites (tertiary alicyclic amines) is 1. The van der Waals surface area contributed by atoms with Gasteiger partial charge in [0, 0.05) is 30.9 Å². The zero-order chi connectivity index (χ0) is 22.1. The molecule has 1 aromatic carbocycles. The summed E-state index contributed by atoms with van der Waals surface area (Å²) < 4.78 is 11.3. The van der Waals surface area contributed by atoms with E-state index >= 15 is 0 Å². The average Bonchev–Trinajstić information content (AvgIpc) is 3.24. The Labute approximate surface area is 181 Å². The van der Waals surface area contributed by atoms with Crippen molar-refractivity contribution in [1.29, 1.82) is 0 Å². The quantitative estimate of drug-likeness (QED) is 0.437. The van der Waals surface area contributed by atoms with E-state index in [2.05, 4.69) is 4.98 Å². The van der Waals surface area contributed by atoms with Crippen LogP contribution in [-0.4, -0.2) is 52.0 Å². The number of hydrogen-bond acceptors (Lipinski definition) is 6. The first kappa shape index (κ1) is 21.1. The summed E-state index contributed by atoms with van der Waals surface area (Å²) in [7, 11) is 0. The number of fused-ring (bicyclic) bond motifs is 1. The molecule has 7 heteroatoms. The Morgan fingerprint density at radius 1 is 1.26 bits per heavy atom. The van der Waals surface area contributed by atoms with E-state index in [1.165, 1.54) is 4.90 Å². The summed E-state index contributed by atoms with van der Waals surface area (Å²) in [5, 5.41) is 11.2. The number of aliphatic hydroxyl groups excluding tert-OH is 1. The number of aromatic nitrogens is 1. The van der Waals surface area contributed by atoms with E-state index in [4.69, 9.17) is 9.47 Å². The molecule has 1 aromatic heterocycles. The fourth-order valence-electron chi connectivity index (χ4n) is 4.11. The third-order valence-corrected chi connectivity index (χ3v) is 5.51. The number of ketones is 1. The second-order valence-electron chi connectivity index (χ2n) is 8.15. The van der Waals surface area contributed by atoms with Crippen LogP contribution in [0.3, 0.4) is 0 Å². The summed E-state index contributed by atoms with van der Waals surface area (Å²) in [6.07, 6.45) is 4.01. The van der Waals surface area contributed by atoms with Crippen molar-refractivity contribution >= 4 is 17.4 Å². The van der Waals surface area contributed by atoms with Gasteiger partial charge in [-0.1, -0.05) is 0 Å². The normalized spacial score (nSPS) is 22.1. The number of pyridine rings is 1. The maximum absolute atomic E-state index is 13.0. The highest BCUT2D eigenvalue weighted by Crippen LogP contribution is 2.40. The fraction of sp³-hybridized carbons (Fsp3) is 0.375. The standard InChI is InChI=1S/C24H26N2O5/c1-14(2)30-11-10-26-21(16-6-8-25-9-7-16)20(23(28)24(26)29)22(27)17-4-5-19-18(13-17)12-15(3)31-19/h4-9,13-15,21,27H,10-12H2,1-3H3/b22-20-. The second-order valence-corrected chi connectivity index (χ2v) is 8.15. The topological polar surface area (TPSA) is 89.0 Å². The van der Waals surface area contributed by atoms with Crippen LogP contribution in [0.4, 0.5) is 0 Å². The number of nitrogens with zero attached hydrogens (tertiary/aromatic N) is 2. The van der Waals surface area contributed by atoms with E-state index in [-0.39, 0.29) is 30.1 Å². The van der Waals surface area contributed by atoms with Gasteiger partial charge in [-0.25, -0.2) is 0 Å². The number of carbonyl (C=O) groups excluding carboxylic acids is 2. The number of rotatable bonds is 6. The molecule has 0 bridgehead atoms. The number of benzene rings is 1. The predicted molar refractivity (Wildman–Crippen MR) is 115 cm³/mol. The minimum absolute atomic E-state index is 0.00669. The molecule has 0 aliphatic carbocycles. The van der Waals surface area contributed by atoms with Crippen molar-refractivity contribution < 1.29 is 24.2 Å². The minimum Gasteiger partial charge on any atom is -0.507 e. The average molecular weight is 422 g/mol. The molecule has 1 N–H and O–H groups in total. The molecule has 1 amide bonds. The van der Waals surface area contributed by atoms with Gasteiger partial charge in [-0.15, -0.1) is 0 Å². The number of hydrogen-bond donors (Lipinski definition) is 1. The SMILES string of the molecule is CC(C)OCCN1C(=O)C(=O)/C(=C(\O)c2ccc3c(c2)CC(C)O3)C1c1ccncc1. The highest BCUT2D eigenvalue weighted by atomic mass is 16.5. The van der Waals surface area contributed by atoms with Gasteiger partial charge in [-0.05, 0) is 62.2 Å². The summed E-state index contributed by atoms with van der Waals surface area (Å²) in [6, 6.07) is 8.12. The van der Waals surface area contributed by atoms with Crippen molar-refractivity contribution in [2.45, 2.75) is 45.4 Å². The molecule has 2 aromatic rings. The Hall–Kier alpha value is -3.19. The second kappa shape index (κ2) is 8.51. The van der Waals surface area contributed by atoms with Gasteiger partial charge in [0.2, 0.25) is 0 Å². The molecule has 1 fully saturated rings.